The quantitative estimate of drug-likeness (QED) is 0.817. The number of carbonyl (C=O) groups is 1. The van der Waals surface area contributed by atoms with Crippen LogP contribution in [-0.2, 0) is 4.79 Å². The largest absolute Gasteiger partial charge is 0.351 e. The zero-order valence-corrected chi connectivity index (χ0v) is 13.2. The average molecular weight is 289 g/mol. The highest BCUT2D eigenvalue weighted by Gasteiger charge is 2.36. The summed E-state index contributed by atoms with van der Waals surface area (Å²) in [5.74, 6) is 1.54. The number of rotatable bonds is 5. The number of hydrogen-bond acceptors (Lipinski definition) is 2. The smallest absolute Gasteiger partial charge is 0.220 e. The van der Waals surface area contributed by atoms with Gasteiger partial charge >= 0.3 is 0 Å². The molecule has 19 heavy (non-hydrogen) atoms. The lowest BCUT2D eigenvalue weighted by Gasteiger charge is -2.42. The Labute approximate surface area is 123 Å². The molecule has 1 aliphatic heterocycles. The topological polar surface area (TPSA) is 41.1 Å². The fourth-order valence-corrected chi connectivity index (χ4v) is 3.39. The second-order valence-corrected chi connectivity index (χ2v) is 6.30. The van der Waals surface area contributed by atoms with Crippen LogP contribution in [0.1, 0.15) is 58.8 Å². The van der Waals surface area contributed by atoms with Crippen LogP contribution in [0.2, 0.25) is 0 Å². The van der Waals surface area contributed by atoms with Crippen molar-refractivity contribution in [2.45, 2.75) is 64.3 Å². The highest BCUT2D eigenvalue weighted by atomic mass is 35.5. The molecule has 1 heterocycles. The van der Waals surface area contributed by atoms with E-state index in [0.717, 1.165) is 25.4 Å². The monoisotopic (exact) mass is 288 g/mol. The van der Waals surface area contributed by atoms with E-state index in [1.54, 1.807) is 0 Å². The third-order valence-electron chi connectivity index (χ3n) is 5.09. The van der Waals surface area contributed by atoms with Crippen LogP contribution in [0.15, 0.2) is 0 Å². The first-order valence-corrected chi connectivity index (χ1v) is 7.67. The molecule has 0 aromatic carbocycles. The van der Waals surface area contributed by atoms with E-state index in [1.807, 2.05) is 0 Å². The Morgan fingerprint density at radius 1 is 1.37 bits per heavy atom. The predicted molar refractivity (Wildman–Crippen MR) is 81.6 cm³/mol. The number of carbonyl (C=O) groups excluding carboxylic acids is 1. The summed E-state index contributed by atoms with van der Waals surface area (Å²) in [6.07, 6.45) is 7.89. The van der Waals surface area contributed by atoms with Gasteiger partial charge in [-0.3, -0.25) is 4.79 Å². The maximum atomic E-state index is 12.1. The fraction of sp³-hybridized carbons (Fsp3) is 0.933. The number of nitrogens with one attached hydrogen (secondary N) is 2. The van der Waals surface area contributed by atoms with Gasteiger partial charge in [0.1, 0.15) is 0 Å². The molecule has 112 valence electrons. The minimum atomic E-state index is 0. The molecule has 1 saturated carbocycles. The first kappa shape index (κ1) is 16.8. The van der Waals surface area contributed by atoms with Gasteiger partial charge in [-0.1, -0.05) is 13.8 Å². The summed E-state index contributed by atoms with van der Waals surface area (Å²) in [6.45, 7) is 6.68. The Morgan fingerprint density at radius 2 is 2.00 bits per heavy atom. The van der Waals surface area contributed by atoms with Crippen molar-refractivity contribution in [1.29, 1.82) is 0 Å². The van der Waals surface area contributed by atoms with Crippen molar-refractivity contribution in [2.75, 3.05) is 13.1 Å². The Morgan fingerprint density at radius 3 is 2.47 bits per heavy atom. The van der Waals surface area contributed by atoms with Crippen LogP contribution in [0.25, 0.3) is 0 Å². The molecule has 0 aromatic rings. The Hall–Kier alpha value is -0.280. The zero-order valence-electron chi connectivity index (χ0n) is 12.3. The van der Waals surface area contributed by atoms with E-state index in [9.17, 15) is 4.79 Å². The number of hydrogen-bond donors (Lipinski definition) is 2. The van der Waals surface area contributed by atoms with Crippen molar-refractivity contribution >= 4 is 18.3 Å². The molecule has 1 atom stereocenters. The summed E-state index contributed by atoms with van der Waals surface area (Å²) in [4.78, 5) is 12.1. The lowest BCUT2D eigenvalue weighted by Crippen LogP contribution is -2.53. The van der Waals surface area contributed by atoms with Crippen LogP contribution in [0, 0.1) is 11.8 Å². The van der Waals surface area contributed by atoms with Gasteiger partial charge in [0, 0.05) is 12.0 Å². The minimum Gasteiger partial charge on any atom is -0.351 e. The van der Waals surface area contributed by atoms with Crippen molar-refractivity contribution in [2.24, 2.45) is 11.8 Å². The normalized spacial score (nSPS) is 23.9. The molecule has 2 fully saturated rings. The first-order chi connectivity index (χ1) is 8.65. The lowest BCUT2D eigenvalue weighted by molar-refractivity contribution is -0.125. The molecule has 2 aliphatic rings. The summed E-state index contributed by atoms with van der Waals surface area (Å²) < 4.78 is 0. The minimum absolute atomic E-state index is 0. The second-order valence-electron chi connectivity index (χ2n) is 6.30. The highest BCUT2D eigenvalue weighted by Crippen LogP contribution is 2.35. The van der Waals surface area contributed by atoms with Crippen molar-refractivity contribution in [3.8, 4) is 0 Å². The van der Waals surface area contributed by atoms with Crippen molar-refractivity contribution in [3.63, 3.8) is 0 Å². The van der Waals surface area contributed by atoms with Gasteiger partial charge in [0.05, 0.1) is 0 Å². The van der Waals surface area contributed by atoms with Crippen LogP contribution < -0.4 is 10.6 Å². The first-order valence-electron chi connectivity index (χ1n) is 7.67. The van der Waals surface area contributed by atoms with Gasteiger partial charge in [-0.25, -0.2) is 0 Å². The maximum absolute atomic E-state index is 12.1. The molecule has 0 bridgehead atoms. The average Bonchev–Trinajstić information content (AvgIpc) is 2.35. The van der Waals surface area contributed by atoms with Gasteiger partial charge in [-0.15, -0.1) is 12.4 Å². The molecular formula is C15H29ClN2O. The second kappa shape index (κ2) is 7.49. The van der Waals surface area contributed by atoms with Crippen LogP contribution in [-0.4, -0.2) is 24.5 Å². The molecule has 2 rings (SSSR count). The number of piperidine rings is 1. The van der Waals surface area contributed by atoms with E-state index in [0.29, 0.717) is 12.3 Å². The number of amides is 1. The molecule has 1 aliphatic carbocycles. The fourth-order valence-electron chi connectivity index (χ4n) is 3.39. The van der Waals surface area contributed by atoms with Crippen molar-refractivity contribution in [1.82, 2.24) is 10.6 Å². The van der Waals surface area contributed by atoms with Crippen molar-refractivity contribution in [3.05, 3.63) is 0 Å². The molecule has 1 saturated heterocycles. The lowest BCUT2D eigenvalue weighted by atomic mass is 9.74. The van der Waals surface area contributed by atoms with Crippen LogP contribution in [0.3, 0.4) is 0 Å². The van der Waals surface area contributed by atoms with E-state index in [4.69, 9.17) is 0 Å². The number of halogens is 1. The molecule has 4 heteroatoms. The van der Waals surface area contributed by atoms with Gasteiger partial charge in [0.15, 0.2) is 0 Å². The molecule has 1 unspecified atom stereocenters. The predicted octanol–water partition coefficient (Wildman–Crippen LogP) is 2.88. The third-order valence-corrected chi connectivity index (χ3v) is 5.09. The standard InChI is InChI=1S/C15H28N2O.ClH/c1-3-15(7-4-8-15)17-14(18)11-12(2)13-5-9-16-10-6-13;/h12-13,16H,3-11H2,1-2H3,(H,17,18);1H. The molecule has 1 amide bonds. The Balaban J connectivity index is 0.00000180. The third kappa shape index (κ3) is 4.35. The highest BCUT2D eigenvalue weighted by molar-refractivity contribution is 5.85. The van der Waals surface area contributed by atoms with E-state index in [2.05, 4.69) is 24.5 Å². The summed E-state index contributed by atoms with van der Waals surface area (Å²) in [7, 11) is 0. The van der Waals surface area contributed by atoms with Crippen LogP contribution in [0.4, 0.5) is 0 Å². The molecular weight excluding hydrogens is 260 g/mol. The Bertz CT molecular complexity index is 280. The summed E-state index contributed by atoms with van der Waals surface area (Å²) in [5.41, 5.74) is 0.158. The van der Waals surface area contributed by atoms with Crippen LogP contribution >= 0.6 is 12.4 Å². The van der Waals surface area contributed by atoms with Gasteiger partial charge in [0.25, 0.3) is 0 Å². The molecule has 0 radical (unpaired) electrons. The summed E-state index contributed by atoms with van der Waals surface area (Å²) >= 11 is 0. The van der Waals surface area contributed by atoms with E-state index in [1.165, 1.54) is 32.1 Å². The SMILES string of the molecule is CCC1(NC(=O)CC(C)C2CCNCC2)CCC1.Cl. The van der Waals surface area contributed by atoms with E-state index in [-0.39, 0.29) is 23.9 Å². The molecule has 0 aromatic heterocycles. The molecule has 2 N–H and O–H groups in total. The van der Waals surface area contributed by atoms with Gasteiger partial charge in [0.2, 0.25) is 5.91 Å². The van der Waals surface area contributed by atoms with E-state index >= 15 is 0 Å². The van der Waals surface area contributed by atoms with Crippen LogP contribution in [0.5, 0.6) is 0 Å². The summed E-state index contributed by atoms with van der Waals surface area (Å²) in [6, 6.07) is 0. The summed E-state index contributed by atoms with van der Waals surface area (Å²) in [5, 5.41) is 6.68. The Kier molecular flexibility index (Phi) is 6.61. The van der Waals surface area contributed by atoms with Gasteiger partial charge < -0.3 is 10.6 Å². The van der Waals surface area contributed by atoms with Gasteiger partial charge in [-0.2, -0.15) is 0 Å². The van der Waals surface area contributed by atoms with Crippen molar-refractivity contribution < 1.29 is 4.79 Å². The zero-order chi connectivity index (χ0) is 13.0. The molecule has 3 nitrogen and oxygen atoms in total. The molecule has 0 spiro atoms. The maximum Gasteiger partial charge on any atom is 0.220 e. The van der Waals surface area contributed by atoms with E-state index < -0.39 is 0 Å². The van der Waals surface area contributed by atoms with Gasteiger partial charge in [-0.05, 0) is 63.5 Å².